The molecule has 9 heteroatoms. The van der Waals surface area contributed by atoms with Crippen LogP contribution < -0.4 is 15.0 Å². The first-order chi connectivity index (χ1) is 16.7. The number of rotatable bonds is 5. The standard InChI is InChI=1S/C24H20F3N3O3.C2H6/c1-13-6-15(9-16(7-13)24(25,26)27)18-5-4-14(12-28-18)8-22-29-19-11-21(33-3)20(32-2)10-17(19)23(31)30-22;1-2/h4-7,9-12H,8H2,1-3H3,(H,29,30,31);1-2H3. The zero-order chi connectivity index (χ0) is 25.8. The number of aryl methyl sites for hydroxylation is 1. The highest BCUT2D eigenvalue weighted by Gasteiger charge is 2.31. The zero-order valence-corrected chi connectivity index (χ0v) is 20.1. The summed E-state index contributed by atoms with van der Waals surface area (Å²) in [6.45, 7) is 5.61. The molecule has 0 fully saturated rings. The lowest BCUT2D eigenvalue weighted by atomic mass is 10.0. The van der Waals surface area contributed by atoms with E-state index in [-0.39, 0.29) is 12.0 Å². The molecule has 0 saturated heterocycles. The van der Waals surface area contributed by atoms with E-state index in [1.54, 1.807) is 43.5 Å². The number of nitrogens with one attached hydrogen (secondary N) is 1. The summed E-state index contributed by atoms with van der Waals surface area (Å²) >= 11 is 0. The Labute approximate surface area is 200 Å². The fourth-order valence-electron chi connectivity index (χ4n) is 3.59. The number of fused-ring (bicyclic) bond motifs is 1. The predicted molar refractivity (Wildman–Crippen MR) is 129 cm³/mol. The monoisotopic (exact) mass is 485 g/mol. The van der Waals surface area contributed by atoms with Crippen LogP contribution in [0.5, 0.6) is 11.5 Å². The second kappa shape index (κ2) is 10.6. The quantitative estimate of drug-likeness (QED) is 0.378. The number of pyridine rings is 1. The van der Waals surface area contributed by atoms with Crippen LogP contribution in [0.4, 0.5) is 13.2 Å². The van der Waals surface area contributed by atoms with Crippen molar-refractivity contribution in [1.82, 2.24) is 15.0 Å². The highest BCUT2D eigenvalue weighted by Crippen LogP contribution is 2.33. The summed E-state index contributed by atoms with van der Waals surface area (Å²) in [5.41, 5.74) is 1.46. The highest BCUT2D eigenvalue weighted by atomic mass is 19.4. The van der Waals surface area contributed by atoms with Crippen LogP contribution >= 0.6 is 0 Å². The summed E-state index contributed by atoms with van der Waals surface area (Å²) < 4.78 is 49.9. The van der Waals surface area contributed by atoms with E-state index in [1.807, 2.05) is 13.8 Å². The molecule has 4 rings (SSSR count). The summed E-state index contributed by atoms with van der Waals surface area (Å²) in [7, 11) is 2.98. The van der Waals surface area contributed by atoms with Gasteiger partial charge in [-0.05, 0) is 48.4 Å². The van der Waals surface area contributed by atoms with E-state index in [4.69, 9.17) is 9.47 Å². The van der Waals surface area contributed by atoms with E-state index in [9.17, 15) is 18.0 Å². The minimum absolute atomic E-state index is 0.286. The second-order valence-corrected chi connectivity index (χ2v) is 7.55. The molecule has 6 nitrogen and oxygen atoms in total. The largest absolute Gasteiger partial charge is 0.493 e. The lowest BCUT2D eigenvalue weighted by Crippen LogP contribution is -2.12. The number of aromatic nitrogens is 3. The molecule has 0 atom stereocenters. The lowest BCUT2D eigenvalue weighted by Gasteiger charge is -2.11. The van der Waals surface area contributed by atoms with Crippen molar-refractivity contribution in [3.63, 3.8) is 0 Å². The molecule has 0 radical (unpaired) electrons. The Morgan fingerprint density at radius 1 is 0.971 bits per heavy atom. The Kier molecular flexibility index (Phi) is 7.78. The molecule has 2 aromatic carbocycles. The van der Waals surface area contributed by atoms with Crippen LogP contribution in [0, 0.1) is 6.92 Å². The number of methoxy groups -OCH3 is 2. The zero-order valence-electron chi connectivity index (χ0n) is 20.1. The molecule has 2 aromatic heterocycles. The fraction of sp³-hybridized carbons (Fsp3) is 0.269. The van der Waals surface area contributed by atoms with Crippen molar-refractivity contribution in [3.8, 4) is 22.8 Å². The first-order valence-corrected chi connectivity index (χ1v) is 11.0. The van der Waals surface area contributed by atoms with Gasteiger partial charge in [-0.3, -0.25) is 9.78 Å². The van der Waals surface area contributed by atoms with Crippen LogP contribution in [0.2, 0.25) is 0 Å². The number of hydrogen-bond donors (Lipinski definition) is 1. The minimum atomic E-state index is -4.43. The Morgan fingerprint density at radius 2 is 1.66 bits per heavy atom. The van der Waals surface area contributed by atoms with Gasteiger partial charge in [0.15, 0.2) is 11.5 Å². The van der Waals surface area contributed by atoms with E-state index >= 15 is 0 Å². The van der Waals surface area contributed by atoms with Gasteiger partial charge in [-0.25, -0.2) is 4.98 Å². The summed E-state index contributed by atoms with van der Waals surface area (Å²) in [5.74, 6) is 1.30. The van der Waals surface area contributed by atoms with Crippen molar-refractivity contribution in [3.05, 3.63) is 81.5 Å². The molecule has 184 valence electrons. The van der Waals surface area contributed by atoms with Crippen LogP contribution in [-0.4, -0.2) is 29.2 Å². The molecule has 0 aliphatic carbocycles. The summed E-state index contributed by atoms with van der Waals surface area (Å²) in [4.78, 5) is 24.1. The normalized spacial score (nSPS) is 11.1. The van der Waals surface area contributed by atoms with Crippen molar-refractivity contribution >= 4 is 10.9 Å². The lowest BCUT2D eigenvalue weighted by molar-refractivity contribution is -0.137. The first kappa shape index (κ1) is 25.7. The van der Waals surface area contributed by atoms with E-state index in [2.05, 4.69) is 15.0 Å². The second-order valence-electron chi connectivity index (χ2n) is 7.55. The summed E-state index contributed by atoms with van der Waals surface area (Å²) in [5, 5.41) is 0.366. The van der Waals surface area contributed by atoms with Gasteiger partial charge in [-0.1, -0.05) is 19.9 Å². The highest BCUT2D eigenvalue weighted by molar-refractivity contribution is 5.81. The van der Waals surface area contributed by atoms with E-state index in [0.29, 0.717) is 45.0 Å². The Balaban J connectivity index is 0.00000167. The number of hydrogen-bond acceptors (Lipinski definition) is 5. The number of nitrogens with zero attached hydrogens (tertiary/aromatic N) is 2. The molecule has 0 aliphatic heterocycles. The fourth-order valence-corrected chi connectivity index (χ4v) is 3.59. The van der Waals surface area contributed by atoms with Gasteiger partial charge in [0.05, 0.1) is 36.4 Å². The average Bonchev–Trinajstić information content (AvgIpc) is 2.84. The molecule has 0 amide bonds. The van der Waals surface area contributed by atoms with E-state index in [1.165, 1.54) is 14.2 Å². The maximum atomic E-state index is 13.1. The molecule has 0 aliphatic rings. The van der Waals surface area contributed by atoms with Gasteiger partial charge >= 0.3 is 6.18 Å². The molecule has 4 aromatic rings. The molecular formula is C26H26F3N3O3. The summed E-state index contributed by atoms with van der Waals surface area (Å²) in [6, 6.07) is 10.4. The van der Waals surface area contributed by atoms with Crippen LogP contribution in [0.1, 0.15) is 36.4 Å². The smallest absolute Gasteiger partial charge is 0.416 e. The van der Waals surface area contributed by atoms with Crippen LogP contribution in [0.25, 0.3) is 22.2 Å². The topological polar surface area (TPSA) is 77.1 Å². The van der Waals surface area contributed by atoms with Gasteiger partial charge in [0, 0.05) is 24.2 Å². The maximum absolute atomic E-state index is 13.1. The van der Waals surface area contributed by atoms with Gasteiger partial charge in [0.2, 0.25) is 0 Å². The molecule has 0 spiro atoms. The third-order valence-electron chi connectivity index (χ3n) is 5.16. The Bertz CT molecular complexity index is 1380. The number of aromatic amines is 1. The van der Waals surface area contributed by atoms with E-state index < -0.39 is 11.7 Å². The van der Waals surface area contributed by atoms with Crippen molar-refractivity contribution in [1.29, 1.82) is 0 Å². The molecular weight excluding hydrogens is 459 g/mol. The minimum Gasteiger partial charge on any atom is -0.493 e. The molecule has 1 N–H and O–H groups in total. The molecule has 2 heterocycles. The summed E-state index contributed by atoms with van der Waals surface area (Å²) in [6.07, 6.45) is -2.58. The number of benzene rings is 2. The Morgan fingerprint density at radius 3 is 2.26 bits per heavy atom. The SMILES string of the molecule is CC.COc1cc2nc(Cc3ccc(-c4cc(C)cc(C(F)(F)F)c4)nc3)[nH]c(=O)c2cc1OC. The molecule has 0 bridgehead atoms. The Hall–Kier alpha value is -3.88. The van der Waals surface area contributed by atoms with Gasteiger partial charge in [0.25, 0.3) is 5.56 Å². The van der Waals surface area contributed by atoms with Crippen molar-refractivity contribution in [2.75, 3.05) is 14.2 Å². The maximum Gasteiger partial charge on any atom is 0.416 e. The van der Waals surface area contributed by atoms with Crippen molar-refractivity contribution in [2.24, 2.45) is 0 Å². The first-order valence-electron chi connectivity index (χ1n) is 11.0. The molecule has 0 unspecified atom stereocenters. The third kappa shape index (κ3) is 5.79. The van der Waals surface area contributed by atoms with Crippen LogP contribution in [-0.2, 0) is 12.6 Å². The van der Waals surface area contributed by atoms with Gasteiger partial charge in [-0.15, -0.1) is 0 Å². The van der Waals surface area contributed by atoms with Crippen molar-refractivity contribution in [2.45, 2.75) is 33.4 Å². The average molecular weight is 486 g/mol. The number of halogens is 3. The van der Waals surface area contributed by atoms with Crippen LogP contribution in [0.15, 0.2) is 53.5 Å². The predicted octanol–water partition coefficient (Wildman–Crippen LogP) is 5.95. The van der Waals surface area contributed by atoms with E-state index in [0.717, 1.165) is 17.7 Å². The van der Waals surface area contributed by atoms with Gasteiger partial charge in [0.1, 0.15) is 5.82 Å². The number of alkyl halides is 3. The van der Waals surface area contributed by atoms with Gasteiger partial charge < -0.3 is 14.5 Å². The third-order valence-corrected chi connectivity index (χ3v) is 5.16. The number of ether oxygens (including phenoxy) is 2. The van der Waals surface area contributed by atoms with Gasteiger partial charge in [-0.2, -0.15) is 13.2 Å². The molecule has 35 heavy (non-hydrogen) atoms. The van der Waals surface area contributed by atoms with Crippen LogP contribution in [0.3, 0.4) is 0 Å². The van der Waals surface area contributed by atoms with Crippen molar-refractivity contribution < 1.29 is 22.6 Å². The molecule has 0 saturated carbocycles. The number of H-pyrrole nitrogens is 1.